The molecule has 0 aliphatic carbocycles. The van der Waals surface area contributed by atoms with Gasteiger partial charge in [0.15, 0.2) is 0 Å². The van der Waals surface area contributed by atoms with E-state index < -0.39 is 21.9 Å². The quantitative estimate of drug-likeness (QED) is 0.791. The van der Waals surface area contributed by atoms with Crippen LogP contribution in [0.5, 0.6) is 0 Å². The first-order valence-corrected chi connectivity index (χ1v) is 8.57. The second-order valence-electron chi connectivity index (χ2n) is 5.26. The number of rotatable bonds is 5. The summed E-state index contributed by atoms with van der Waals surface area (Å²) in [6.45, 7) is 2.44. The van der Waals surface area contributed by atoms with Crippen molar-refractivity contribution in [3.8, 4) is 0 Å². The second kappa shape index (κ2) is 6.93. The van der Waals surface area contributed by atoms with Crippen molar-refractivity contribution in [1.29, 1.82) is 0 Å². The van der Waals surface area contributed by atoms with E-state index >= 15 is 0 Å². The first kappa shape index (κ1) is 17.2. The molecule has 1 amide bonds. The maximum atomic E-state index is 12.4. The Morgan fingerprint density at radius 2 is 1.74 bits per heavy atom. The van der Waals surface area contributed by atoms with Crippen LogP contribution < -0.4 is 5.32 Å². The van der Waals surface area contributed by atoms with Gasteiger partial charge in [-0.3, -0.25) is 4.79 Å². The molecule has 124 valence electrons. The molecule has 1 heterocycles. The van der Waals surface area contributed by atoms with Gasteiger partial charge in [-0.1, -0.05) is 0 Å². The van der Waals surface area contributed by atoms with Crippen LogP contribution in [-0.4, -0.2) is 42.8 Å². The van der Waals surface area contributed by atoms with Gasteiger partial charge in [0.05, 0.1) is 4.90 Å². The number of nitrogens with one attached hydrogen (secondary N) is 1. The average Bonchev–Trinajstić information content (AvgIpc) is 3.02. The van der Waals surface area contributed by atoms with Crippen molar-refractivity contribution < 1.29 is 23.1 Å². The van der Waals surface area contributed by atoms with E-state index in [1.165, 1.54) is 35.5 Å². The Labute approximate surface area is 134 Å². The van der Waals surface area contributed by atoms with Crippen LogP contribution in [0.1, 0.15) is 19.8 Å². The number of nitrogens with zero attached hydrogens (tertiary/aromatic N) is 1. The van der Waals surface area contributed by atoms with Crippen LogP contribution in [0.15, 0.2) is 40.8 Å². The minimum absolute atomic E-state index is 0.0475. The van der Waals surface area contributed by atoms with Crippen LogP contribution in [-0.2, 0) is 19.6 Å². The van der Waals surface area contributed by atoms with Crippen LogP contribution in [0.2, 0.25) is 0 Å². The Morgan fingerprint density at radius 1 is 1.17 bits per heavy atom. The Morgan fingerprint density at radius 3 is 2.26 bits per heavy atom. The zero-order valence-corrected chi connectivity index (χ0v) is 13.5. The van der Waals surface area contributed by atoms with E-state index in [1.54, 1.807) is 0 Å². The molecule has 0 aromatic heterocycles. The van der Waals surface area contributed by atoms with Crippen LogP contribution >= 0.6 is 0 Å². The molecule has 0 saturated carbocycles. The molecule has 2 N–H and O–H groups in total. The maximum Gasteiger partial charge on any atom is 0.328 e. The lowest BCUT2D eigenvalue weighted by molar-refractivity contribution is -0.131. The molecule has 1 aromatic rings. The van der Waals surface area contributed by atoms with Gasteiger partial charge < -0.3 is 10.4 Å². The van der Waals surface area contributed by atoms with E-state index in [9.17, 15) is 18.0 Å². The number of carboxylic acids is 1. The van der Waals surface area contributed by atoms with Crippen LogP contribution in [0.3, 0.4) is 0 Å². The van der Waals surface area contributed by atoms with E-state index in [1.807, 2.05) is 0 Å². The number of carbonyl (C=O) groups is 2. The monoisotopic (exact) mass is 338 g/mol. The molecule has 0 radical (unpaired) electrons. The van der Waals surface area contributed by atoms with Crippen LogP contribution in [0.4, 0.5) is 5.69 Å². The summed E-state index contributed by atoms with van der Waals surface area (Å²) in [5.74, 6) is -1.76. The van der Waals surface area contributed by atoms with Gasteiger partial charge in [0.1, 0.15) is 0 Å². The highest BCUT2D eigenvalue weighted by Crippen LogP contribution is 2.22. The van der Waals surface area contributed by atoms with E-state index in [-0.39, 0.29) is 10.5 Å². The Bertz CT molecular complexity index is 732. The molecule has 0 spiro atoms. The molecule has 1 fully saturated rings. The van der Waals surface area contributed by atoms with Crippen molar-refractivity contribution in [3.05, 3.63) is 35.9 Å². The number of sulfonamides is 1. The van der Waals surface area contributed by atoms with Crippen molar-refractivity contribution in [1.82, 2.24) is 4.31 Å². The number of benzene rings is 1. The third kappa shape index (κ3) is 4.17. The van der Waals surface area contributed by atoms with Gasteiger partial charge in [-0.15, -0.1) is 0 Å². The van der Waals surface area contributed by atoms with Crippen molar-refractivity contribution in [2.45, 2.75) is 24.7 Å². The summed E-state index contributed by atoms with van der Waals surface area (Å²) in [6.07, 6.45) is 2.53. The molecule has 8 heteroatoms. The maximum absolute atomic E-state index is 12.4. The van der Waals surface area contributed by atoms with Crippen molar-refractivity contribution >= 4 is 27.6 Å². The number of carbonyl (C=O) groups excluding carboxylic acids is 1. The van der Waals surface area contributed by atoms with E-state index in [0.717, 1.165) is 18.9 Å². The van der Waals surface area contributed by atoms with E-state index in [0.29, 0.717) is 18.8 Å². The molecule has 2 rings (SSSR count). The summed E-state index contributed by atoms with van der Waals surface area (Å²) in [6, 6.07) is 5.82. The van der Waals surface area contributed by atoms with Gasteiger partial charge in [-0.05, 0) is 44.0 Å². The number of amides is 1. The van der Waals surface area contributed by atoms with Gasteiger partial charge in [-0.25, -0.2) is 13.2 Å². The highest BCUT2D eigenvalue weighted by Gasteiger charge is 2.26. The number of hydrogen-bond acceptors (Lipinski definition) is 4. The molecule has 1 aliphatic heterocycles. The summed E-state index contributed by atoms with van der Waals surface area (Å²) < 4.78 is 26.2. The Kier molecular flexibility index (Phi) is 5.17. The fraction of sp³-hybridized carbons (Fsp3) is 0.333. The number of carboxylic acid groups (broad SMARTS) is 1. The second-order valence-corrected chi connectivity index (χ2v) is 7.19. The lowest BCUT2D eigenvalue weighted by Crippen LogP contribution is -2.27. The lowest BCUT2D eigenvalue weighted by Gasteiger charge is -2.15. The predicted molar refractivity (Wildman–Crippen MR) is 84.5 cm³/mol. The molecule has 1 aliphatic rings. The molecule has 1 aromatic carbocycles. The molecule has 0 bridgehead atoms. The van der Waals surface area contributed by atoms with Crippen molar-refractivity contribution in [3.63, 3.8) is 0 Å². The van der Waals surface area contributed by atoms with Gasteiger partial charge in [-0.2, -0.15) is 4.31 Å². The first-order valence-electron chi connectivity index (χ1n) is 7.13. The Balaban J connectivity index is 2.11. The minimum Gasteiger partial charge on any atom is -0.478 e. The average molecular weight is 338 g/mol. The van der Waals surface area contributed by atoms with Crippen molar-refractivity contribution in [2.75, 3.05) is 18.4 Å². The van der Waals surface area contributed by atoms with Gasteiger partial charge in [0, 0.05) is 30.4 Å². The zero-order chi connectivity index (χ0) is 17.0. The fourth-order valence-electron chi connectivity index (χ4n) is 2.27. The molecule has 0 unspecified atom stereocenters. The summed E-state index contributed by atoms with van der Waals surface area (Å²) in [5.41, 5.74) is 0.444. The minimum atomic E-state index is -3.48. The summed E-state index contributed by atoms with van der Waals surface area (Å²) in [5, 5.41) is 11.1. The Hall–Kier alpha value is -2.19. The van der Waals surface area contributed by atoms with Gasteiger partial charge in [0.25, 0.3) is 5.91 Å². The molecule has 7 nitrogen and oxygen atoms in total. The van der Waals surface area contributed by atoms with E-state index in [2.05, 4.69) is 5.32 Å². The first-order chi connectivity index (χ1) is 10.8. The largest absolute Gasteiger partial charge is 0.478 e. The fourth-order valence-corrected chi connectivity index (χ4v) is 3.79. The molecule has 23 heavy (non-hydrogen) atoms. The van der Waals surface area contributed by atoms with Crippen molar-refractivity contribution in [2.24, 2.45) is 0 Å². The van der Waals surface area contributed by atoms with Crippen LogP contribution in [0, 0.1) is 0 Å². The summed E-state index contributed by atoms with van der Waals surface area (Å²) >= 11 is 0. The standard InChI is InChI=1S/C15H18N2O5S/c1-11(10-14(18)19)15(20)16-12-4-6-13(7-5-12)23(21,22)17-8-2-3-9-17/h4-7,10H,2-3,8-9H2,1H3,(H,16,20)(H,18,19)/b11-10+. The highest BCUT2D eigenvalue weighted by molar-refractivity contribution is 7.89. The lowest BCUT2D eigenvalue weighted by atomic mass is 10.2. The topological polar surface area (TPSA) is 104 Å². The summed E-state index contributed by atoms with van der Waals surface area (Å²) in [4.78, 5) is 22.5. The van der Waals surface area contributed by atoms with Gasteiger partial charge >= 0.3 is 5.97 Å². The SMILES string of the molecule is C/C(=C\C(=O)O)C(=O)Nc1ccc(S(=O)(=O)N2CCCC2)cc1. The third-order valence-corrected chi connectivity index (χ3v) is 5.43. The number of anilines is 1. The summed E-state index contributed by atoms with van der Waals surface area (Å²) in [7, 11) is -3.48. The number of aliphatic carboxylic acids is 1. The van der Waals surface area contributed by atoms with E-state index in [4.69, 9.17) is 5.11 Å². The molecule has 0 atom stereocenters. The smallest absolute Gasteiger partial charge is 0.328 e. The zero-order valence-electron chi connectivity index (χ0n) is 12.7. The van der Waals surface area contributed by atoms with Crippen LogP contribution in [0.25, 0.3) is 0 Å². The van der Waals surface area contributed by atoms with Gasteiger partial charge in [0.2, 0.25) is 10.0 Å². The number of hydrogen-bond donors (Lipinski definition) is 2. The molecular formula is C15H18N2O5S. The molecular weight excluding hydrogens is 320 g/mol. The highest BCUT2D eigenvalue weighted by atomic mass is 32.2. The third-order valence-electron chi connectivity index (χ3n) is 3.51. The molecule has 1 saturated heterocycles. The predicted octanol–water partition coefficient (Wildman–Crippen LogP) is 1.44. The normalized spacial score (nSPS) is 16.3.